The number of nitrogens with zero attached hydrogens (tertiary/aromatic N) is 3. The number of hydrogen-bond donors (Lipinski definition) is 3. The fourth-order valence-electron chi connectivity index (χ4n) is 2.17. The number of rotatable bonds is 3. The molecular weight excluding hydrogens is 248 g/mol. The maximum Gasteiger partial charge on any atom is 0.349 e. The fraction of sp³-hybridized carbons (Fsp3) is 0.545. The minimum absolute atomic E-state index is 0.270. The third-order valence-electron chi connectivity index (χ3n) is 3.10. The SMILES string of the molecule is Cc1nc(NCC2COCCN2)cc2n[nH]c(=O)n12. The molecule has 0 spiro atoms. The first-order valence-corrected chi connectivity index (χ1v) is 6.24. The molecule has 1 atom stereocenters. The van der Waals surface area contributed by atoms with E-state index in [1.807, 2.05) is 0 Å². The molecule has 1 saturated heterocycles. The number of aromatic amines is 1. The molecule has 8 nitrogen and oxygen atoms in total. The zero-order valence-corrected chi connectivity index (χ0v) is 10.6. The summed E-state index contributed by atoms with van der Waals surface area (Å²) >= 11 is 0. The average molecular weight is 264 g/mol. The van der Waals surface area contributed by atoms with E-state index in [0.29, 0.717) is 23.9 Å². The molecule has 0 saturated carbocycles. The van der Waals surface area contributed by atoms with Crippen molar-refractivity contribution in [3.8, 4) is 0 Å². The van der Waals surface area contributed by atoms with Gasteiger partial charge in [-0.25, -0.2) is 19.3 Å². The zero-order valence-electron chi connectivity index (χ0n) is 10.6. The van der Waals surface area contributed by atoms with Gasteiger partial charge in [-0.2, -0.15) is 5.10 Å². The first kappa shape index (κ1) is 12.1. The monoisotopic (exact) mass is 264 g/mol. The van der Waals surface area contributed by atoms with Crippen LogP contribution in [0.4, 0.5) is 5.82 Å². The highest BCUT2D eigenvalue weighted by Crippen LogP contribution is 2.08. The van der Waals surface area contributed by atoms with E-state index in [2.05, 4.69) is 25.8 Å². The highest BCUT2D eigenvalue weighted by molar-refractivity contribution is 5.49. The number of nitrogens with one attached hydrogen (secondary N) is 3. The van der Waals surface area contributed by atoms with E-state index < -0.39 is 0 Å². The molecule has 3 N–H and O–H groups in total. The molecular formula is C11H16N6O2. The lowest BCUT2D eigenvalue weighted by molar-refractivity contribution is 0.0806. The molecule has 1 unspecified atom stereocenters. The lowest BCUT2D eigenvalue weighted by Gasteiger charge is -2.24. The molecule has 8 heteroatoms. The van der Waals surface area contributed by atoms with Gasteiger partial charge in [-0.1, -0.05) is 0 Å². The molecule has 3 rings (SSSR count). The molecule has 3 heterocycles. The minimum Gasteiger partial charge on any atom is -0.378 e. The molecule has 2 aromatic heterocycles. The highest BCUT2D eigenvalue weighted by atomic mass is 16.5. The Labute approximate surface area is 109 Å². The summed E-state index contributed by atoms with van der Waals surface area (Å²) in [5.74, 6) is 1.31. The number of ether oxygens (including phenoxy) is 1. The van der Waals surface area contributed by atoms with Crippen LogP contribution in [0.1, 0.15) is 5.82 Å². The van der Waals surface area contributed by atoms with Gasteiger partial charge in [0.2, 0.25) is 0 Å². The summed E-state index contributed by atoms with van der Waals surface area (Å²) in [5, 5.41) is 12.9. The quantitative estimate of drug-likeness (QED) is 0.666. The van der Waals surface area contributed by atoms with Gasteiger partial charge in [0.15, 0.2) is 5.65 Å². The van der Waals surface area contributed by atoms with Crippen LogP contribution in [-0.4, -0.2) is 51.9 Å². The van der Waals surface area contributed by atoms with E-state index in [-0.39, 0.29) is 11.7 Å². The van der Waals surface area contributed by atoms with Crippen LogP contribution in [0.3, 0.4) is 0 Å². The second kappa shape index (κ2) is 4.98. The van der Waals surface area contributed by atoms with Crippen molar-refractivity contribution in [2.75, 3.05) is 31.6 Å². The Balaban J connectivity index is 1.75. The molecule has 0 bridgehead atoms. The number of morpholine rings is 1. The summed E-state index contributed by atoms with van der Waals surface area (Å²) in [6.45, 7) is 4.81. The van der Waals surface area contributed by atoms with Gasteiger partial charge in [-0.15, -0.1) is 0 Å². The molecule has 1 fully saturated rings. The van der Waals surface area contributed by atoms with Crippen LogP contribution >= 0.6 is 0 Å². The van der Waals surface area contributed by atoms with Gasteiger partial charge in [0.25, 0.3) is 0 Å². The molecule has 102 valence electrons. The molecule has 1 aliphatic rings. The Bertz CT molecular complexity index is 628. The summed E-state index contributed by atoms with van der Waals surface area (Å²) in [5.41, 5.74) is 0.293. The van der Waals surface area contributed by atoms with E-state index >= 15 is 0 Å². The number of hydrogen-bond acceptors (Lipinski definition) is 6. The summed E-state index contributed by atoms with van der Waals surface area (Å²) in [4.78, 5) is 15.8. The smallest absolute Gasteiger partial charge is 0.349 e. The van der Waals surface area contributed by atoms with E-state index in [1.54, 1.807) is 13.0 Å². The van der Waals surface area contributed by atoms with Gasteiger partial charge in [0, 0.05) is 25.2 Å². The Morgan fingerprint density at radius 1 is 1.63 bits per heavy atom. The number of H-pyrrole nitrogens is 1. The Morgan fingerprint density at radius 3 is 3.32 bits per heavy atom. The molecule has 0 amide bonds. The van der Waals surface area contributed by atoms with E-state index in [0.717, 1.165) is 19.7 Å². The average Bonchev–Trinajstić information content (AvgIpc) is 2.80. The van der Waals surface area contributed by atoms with Gasteiger partial charge in [0.05, 0.1) is 13.2 Å². The normalized spacial score (nSPS) is 19.7. The van der Waals surface area contributed by atoms with Gasteiger partial charge in [-0.3, -0.25) is 0 Å². The van der Waals surface area contributed by atoms with Gasteiger partial charge in [-0.05, 0) is 6.92 Å². The topological polar surface area (TPSA) is 96.3 Å². The van der Waals surface area contributed by atoms with Crippen LogP contribution in [0.5, 0.6) is 0 Å². The van der Waals surface area contributed by atoms with Crippen LogP contribution in [0, 0.1) is 6.92 Å². The van der Waals surface area contributed by atoms with Crippen LogP contribution in [0.25, 0.3) is 5.65 Å². The molecule has 19 heavy (non-hydrogen) atoms. The van der Waals surface area contributed by atoms with Crippen LogP contribution < -0.4 is 16.3 Å². The zero-order chi connectivity index (χ0) is 13.2. The Kier molecular flexibility index (Phi) is 3.18. The molecule has 2 aromatic rings. The molecule has 0 radical (unpaired) electrons. The van der Waals surface area contributed by atoms with E-state index in [1.165, 1.54) is 4.40 Å². The second-order valence-electron chi connectivity index (χ2n) is 4.52. The fourth-order valence-corrected chi connectivity index (χ4v) is 2.17. The van der Waals surface area contributed by atoms with Gasteiger partial charge >= 0.3 is 5.69 Å². The standard InChI is InChI=1S/C11H16N6O2/c1-7-14-9(4-10-15-16-11(18)17(7)10)13-5-8-6-19-3-2-12-8/h4,8,12-13H,2-3,5-6H2,1H3,(H,16,18). The first-order chi connectivity index (χ1) is 9.24. The molecule has 1 aliphatic heterocycles. The van der Waals surface area contributed by atoms with Crippen molar-refractivity contribution >= 4 is 11.5 Å². The minimum atomic E-state index is -0.270. The highest BCUT2D eigenvalue weighted by Gasteiger charge is 2.13. The lowest BCUT2D eigenvalue weighted by Crippen LogP contribution is -2.45. The summed E-state index contributed by atoms with van der Waals surface area (Å²) in [6, 6.07) is 2.02. The van der Waals surface area contributed by atoms with Crippen molar-refractivity contribution in [2.24, 2.45) is 0 Å². The third-order valence-corrected chi connectivity index (χ3v) is 3.10. The van der Waals surface area contributed by atoms with Crippen molar-refractivity contribution in [3.63, 3.8) is 0 Å². The van der Waals surface area contributed by atoms with Crippen LogP contribution in [0.15, 0.2) is 10.9 Å². The van der Waals surface area contributed by atoms with Crippen LogP contribution in [0.2, 0.25) is 0 Å². The second-order valence-corrected chi connectivity index (χ2v) is 4.52. The maximum absolute atomic E-state index is 11.5. The van der Waals surface area contributed by atoms with Crippen LogP contribution in [-0.2, 0) is 4.74 Å². The lowest BCUT2D eigenvalue weighted by atomic mass is 10.3. The maximum atomic E-state index is 11.5. The predicted molar refractivity (Wildman–Crippen MR) is 69.4 cm³/mol. The van der Waals surface area contributed by atoms with Crippen molar-refractivity contribution in [3.05, 3.63) is 22.4 Å². The molecule has 0 aliphatic carbocycles. The molecule has 0 aromatic carbocycles. The van der Waals surface area contributed by atoms with Crippen molar-refractivity contribution in [1.29, 1.82) is 0 Å². The van der Waals surface area contributed by atoms with Crippen molar-refractivity contribution in [1.82, 2.24) is 24.9 Å². The first-order valence-electron chi connectivity index (χ1n) is 6.24. The Morgan fingerprint density at radius 2 is 2.53 bits per heavy atom. The Hall–Kier alpha value is -1.93. The van der Waals surface area contributed by atoms with Gasteiger partial charge in [0.1, 0.15) is 11.6 Å². The number of aryl methyl sites for hydroxylation is 1. The van der Waals surface area contributed by atoms with E-state index in [9.17, 15) is 4.79 Å². The summed E-state index contributed by atoms with van der Waals surface area (Å²) in [6.07, 6.45) is 0. The van der Waals surface area contributed by atoms with Crippen molar-refractivity contribution < 1.29 is 4.74 Å². The predicted octanol–water partition coefficient (Wildman–Crippen LogP) is -0.874. The summed E-state index contributed by atoms with van der Waals surface area (Å²) < 4.78 is 6.82. The number of aromatic nitrogens is 4. The third kappa shape index (κ3) is 2.45. The van der Waals surface area contributed by atoms with Crippen molar-refractivity contribution in [2.45, 2.75) is 13.0 Å². The largest absolute Gasteiger partial charge is 0.378 e. The summed E-state index contributed by atoms with van der Waals surface area (Å²) in [7, 11) is 0. The van der Waals surface area contributed by atoms with Gasteiger partial charge < -0.3 is 15.4 Å². The van der Waals surface area contributed by atoms with E-state index in [4.69, 9.17) is 4.74 Å². The number of anilines is 1. The number of fused-ring (bicyclic) bond motifs is 1.